The van der Waals surface area contributed by atoms with Crippen molar-refractivity contribution in [1.82, 2.24) is 0 Å². The number of ether oxygens (including phenoxy) is 1. The van der Waals surface area contributed by atoms with Crippen LogP contribution in [0.1, 0.15) is 45.0 Å². The summed E-state index contributed by atoms with van der Waals surface area (Å²) < 4.78 is 6.31. The Kier molecular flexibility index (Phi) is 5.07. The summed E-state index contributed by atoms with van der Waals surface area (Å²) in [6, 6.07) is 8.70. The first-order valence-corrected chi connectivity index (χ1v) is 9.80. The summed E-state index contributed by atoms with van der Waals surface area (Å²) in [4.78, 5) is 3.27. The first-order valence-electron chi connectivity index (χ1n) is 7.28. The van der Waals surface area contributed by atoms with E-state index >= 15 is 0 Å². The van der Waals surface area contributed by atoms with E-state index in [0.717, 1.165) is 10.2 Å². The van der Waals surface area contributed by atoms with Crippen molar-refractivity contribution in [3.05, 3.63) is 49.6 Å². The summed E-state index contributed by atoms with van der Waals surface area (Å²) in [7, 11) is 1.70. The van der Waals surface area contributed by atoms with Gasteiger partial charge in [-0.05, 0) is 70.9 Å². The number of fused-ring (bicyclic) bond motifs is 1. The van der Waals surface area contributed by atoms with Gasteiger partial charge in [0.1, 0.15) is 5.75 Å². The van der Waals surface area contributed by atoms with Gasteiger partial charge in [-0.1, -0.05) is 28.4 Å². The molecule has 1 atom stereocenters. The highest BCUT2D eigenvalue weighted by molar-refractivity contribution is 9.10. The third-order valence-electron chi connectivity index (χ3n) is 3.98. The number of aryl methyl sites for hydroxylation is 2. The van der Waals surface area contributed by atoms with E-state index in [1.807, 2.05) is 17.4 Å². The molecule has 21 heavy (non-hydrogen) atoms. The van der Waals surface area contributed by atoms with Crippen molar-refractivity contribution in [2.45, 2.75) is 36.9 Å². The van der Waals surface area contributed by atoms with E-state index in [4.69, 9.17) is 4.74 Å². The Morgan fingerprint density at radius 1 is 1.14 bits per heavy atom. The minimum absolute atomic E-state index is 0.261. The molecular weight excluding hydrogens is 412 g/mol. The van der Waals surface area contributed by atoms with Gasteiger partial charge in [0.15, 0.2) is 0 Å². The topological polar surface area (TPSA) is 9.23 Å². The highest BCUT2D eigenvalue weighted by atomic mass is 79.9. The van der Waals surface area contributed by atoms with Crippen molar-refractivity contribution in [1.29, 1.82) is 0 Å². The predicted molar refractivity (Wildman–Crippen MR) is 97.0 cm³/mol. The minimum atomic E-state index is 0.261. The van der Waals surface area contributed by atoms with Gasteiger partial charge in [0, 0.05) is 9.75 Å². The molecule has 1 nitrogen and oxygen atoms in total. The van der Waals surface area contributed by atoms with Gasteiger partial charge < -0.3 is 4.74 Å². The summed E-state index contributed by atoms with van der Waals surface area (Å²) in [5, 5.41) is 0. The molecule has 112 valence electrons. The van der Waals surface area contributed by atoms with Crippen molar-refractivity contribution >= 4 is 43.2 Å². The van der Waals surface area contributed by atoms with Gasteiger partial charge in [0.2, 0.25) is 0 Å². The molecule has 2 aromatic rings. The molecular formula is C17H18Br2OS. The van der Waals surface area contributed by atoms with E-state index in [-0.39, 0.29) is 4.83 Å². The molecule has 1 heterocycles. The van der Waals surface area contributed by atoms with Crippen molar-refractivity contribution < 1.29 is 4.74 Å². The number of thiophene rings is 1. The molecule has 0 spiro atoms. The van der Waals surface area contributed by atoms with Gasteiger partial charge >= 0.3 is 0 Å². The zero-order valence-electron chi connectivity index (χ0n) is 12.0. The lowest BCUT2D eigenvalue weighted by molar-refractivity contribution is 0.412. The average Bonchev–Trinajstić information content (AvgIpc) is 2.77. The number of alkyl halides is 1. The van der Waals surface area contributed by atoms with Gasteiger partial charge in [-0.2, -0.15) is 0 Å². The van der Waals surface area contributed by atoms with Crippen LogP contribution in [0.2, 0.25) is 0 Å². The average molecular weight is 430 g/mol. The molecule has 0 N–H and O–H groups in total. The van der Waals surface area contributed by atoms with Crippen molar-refractivity contribution in [2.24, 2.45) is 0 Å². The van der Waals surface area contributed by atoms with Gasteiger partial charge in [-0.25, -0.2) is 0 Å². The van der Waals surface area contributed by atoms with Crippen LogP contribution in [0, 0.1) is 0 Å². The predicted octanol–water partition coefficient (Wildman–Crippen LogP) is 6.27. The number of rotatable bonds is 3. The Labute approximate surface area is 147 Å². The molecule has 0 radical (unpaired) electrons. The van der Waals surface area contributed by atoms with Crippen molar-refractivity contribution in [2.75, 3.05) is 7.11 Å². The Bertz CT molecular complexity index is 612. The number of halogens is 2. The standard InChI is InChI=1S/C17H18Br2OS/c1-20-14-8-7-12(9-13(14)18)17(19)16-10-11-5-3-2-4-6-15(11)21-16/h7-10,17H,2-6H2,1H3. The molecule has 0 aliphatic heterocycles. The lowest BCUT2D eigenvalue weighted by Crippen LogP contribution is -1.92. The van der Waals surface area contributed by atoms with E-state index < -0.39 is 0 Å². The van der Waals surface area contributed by atoms with Crippen LogP contribution in [-0.4, -0.2) is 7.11 Å². The lowest BCUT2D eigenvalue weighted by Gasteiger charge is -2.11. The number of hydrogen-bond acceptors (Lipinski definition) is 2. The van der Waals surface area contributed by atoms with E-state index in [1.165, 1.54) is 42.5 Å². The van der Waals surface area contributed by atoms with Gasteiger partial charge in [-0.3, -0.25) is 0 Å². The summed E-state index contributed by atoms with van der Waals surface area (Å²) in [5.74, 6) is 0.875. The first-order chi connectivity index (χ1) is 10.2. The molecule has 0 saturated carbocycles. The molecule has 0 bridgehead atoms. The lowest BCUT2D eigenvalue weighted by atomic mass is 10.1. The van der Waals surface area contributed by atoms with Crippen LogP contribution in [0.3, 0.4) is 0 Å². The SMILES string of the molecule is COc1ccc(C(Br)c2cc3c(s2)CCCCC3)cc1Br. The second-order valence-corrected chi connectivity index (χ2v) is 8.35. The Morgan fingerprint density at radius 2 is 1.95 bits per heavy atom. The fourth-order valence-electron chi connectivity index (χ4n) is 2.82. The molecule has 1 unspecified atom stereocenters. The monoisotopic (exact) mass is 428 g/mol. The summed E-state index contributed by atoms with van der Waals surface area (Å²) in [6.07, 6.45) is 6.56. The van der Waals surface area contributed by atoms with Crippen molar-refractivity contribution in [3.8, 4) is 5.75 Å². The zero-order chi connectivity index (χ0) is 14.8. The number of methoxy groups -OCH3 is 1. The Morgan fingerprint density at radius 3 is 2.71 bits per heavy atom. The molecule has 1 aromatic carbocycles. The first kappa shape index (κ1) is 15.6. The second kappa shape index (κ2) is 6.84. The molecule has 1 aliphatic rings. The van der Waals surface area contributed by atoms with Crippen molar-refractivity contribution in [3.63, 3.8) is 0 Å². The van der Waals surface area contributed by atoms with Crippen LogP contribution in [-0.2, 0) is 12.8 Å². The van der Waals surface area contributed by atoms with Crippen LogP contribution in [0.15, 0.2) is 28.7 Å². The summed E-state index contributed by atoms with van der Waals surface area (Å²) in [6.45, 7) is 0. The third kappa shape index (κ3) is 3.38. The zero-order valence-corrected chi connectivity index (χ0v) is 16.0. The normalized spacial score (nSPS) is 16.1. The third-order valence-corrected chi connectivity index (χ3v) is 7.23. The molecule has 0 saturated heterocycles. The highest BCUT2D eigenvalue weighted by Gasteiger charge is 2.18. The second-order valence-electron chi connectivity index (χ2n) is 5.41. The van der Waals surface area contributed by atoms with Crippen LogP contribution < -0.4 is 4.74 Å². The number of benzene rings is 1. The minimum Gasteiger partial charge on any atom is -0.496 e. The largest absolute Gasteiger partial charge is 0.496 e. The Hall–Kier alpha value is -0.320. The smallest absolute Gasteiger partial charge is 0.133 e. The molecule has 1 aliphatic carbocycles. The fraction of sp³-hybridized carbons (Fsp3) is 0.412. The van der Waals surface area contributed by atoms with Crippen LogP contribution in [0.4, 0.5) is 0 Å². The highest BCUT2D eigenvalue weighted by Crippen LogP contribution is 2.40. The maximum absolute atomic E-state index is 5.31. The number of hydrogen-bond donors (Lipinski definition) is 0. The molecule has 0 amide bonds. The van der Waals surface area contributed by atoms with Gasteiger partial charge in [0.25, 0.3) is 0 Å². The Balaban J connectivity index is 1.88. The van der Waals surface area contributed by atoms with Crippen LogP contribution in [0.5, 0.6) is 5.75 Å². The maximum Gasteiger partial charge on any atom is 0.133 e. The summed E-state index contributed by atoms with van der Waals surface area (Å²) >= 11 is 9.42. The van der Waals surface area contributed by atoms with Gasteiger partial charge in [0.05, 0.1) is 16.4 Å². The molecule has 4 heteroatoms. The van der Waals surface area contributed by atoms with E-state index in [2.05, 4.69) is 50.1 Å². The molecule has 0 fully saturated rings. The van der Waals surface area contributed by atoms with E-state index in [9.17, 15) is 0 Å². The summed E-state index contributed by atoms with van der Waals surface area (Å²) in [5.41, 5.74) is 2.84. The van der Waals surface area contributed by atoms with Gasteiger partial charge in [-0.15, -0.1) is 11.3 Å². The van der Waals surface area contributed by atoms with E-state index in [1.54, 1.807) is 17.6 Å². The quantitative estimate of drug-likeness (QED) is 0.412. The van der Waals surface area contributed by atoms with E-state index in [0.29, 0.717) is 0 Å². The molecule has 3 rings (SSSR count). The molecule has 1 aromatic heterocycles. The van der Waals surface area contributed by atoms with Crippen LogP contribution in [0.25, 0.3) is 0 Å². The van der Waals surface area contributed by atoms with Crippen LogP contribution >= 0.6 is 43.2 Å². The fourth-order valence-corrected chi connectivity index (χ4v) is 5.34. The maximum atomic E-state index is 5.31.